The van der Waals surface area contributed by atoms with E-state index in [1.165, 1.54) is 5.56 Å². The highest BCUT2D eigenvalue weighted by atomic mass is 16.5. The summed E-state index contributed by atoms with van der Waals surface area (Å²) < 4.78 is 5.75. The Hall–Kier alpha value is -2.29. The molecule has 0 saturated heterocycles. The van der Waals surface area contributed by atoms with E-state index in [-0.39, 0.29) is 5.91 Å². The Morgan fingerprint density at radius 2 is 1.62 bits per heavy atom. The van der Waals surface area contributed by atoms with E-state index >= 15 is 0 Å². The van der Waals surface area contributed by atoms with Crippen LogP contribution in [0, 0.1) is 20.8 Å². The molecule has 0 aliphatic heterocycles. The van der Waals surface area contributed by atoms with Crippen LogP contribution in [0.2, 0.25) is 0 Å². The van der Waals surface area contributed by atoms with Gasteiger partial charge in [-0.25, -0.2) is 0 Å². The molecular weight excluding hydrogens is 262 g/mol. The average molecular weight is 283 g/mol. The van der Waals surface area contributed by atoms with Crippen LogP contribution in [-0.4, -0.2) is 12.0 Å². The Morgan fingerprint density at radius 1 is 1.00 bits per heavy atom. The lowest BCUT2D eigenvalue weighted by atomic mass is 10.1. The van der Waals surface area contributed by atoms with Crippen molar-refractivity contribution in [3.63, 3.8) is 0 Å². The van der Waals surface area contributed by atoms with Crippen LogP contribution in [0.1, 0.15) is 23.6 Å². The standard InChI is InChI=1S/C18H21NO2/c1-12-5-8-16(9-6-12)19-18(20)15(4)21-17-10-7-13(2)11-14(17)3/h5-11,15H,1-4H3,(H,19,20)/t15-/m0/s1. The lowest BCUT2D eigenvalue weighted by molar-refractivity contribution is -0.122. The van der Waals surface area contributed by atoms with Gasteiger partial charge < -0.3 is 10.1 Å². The van der Waals surface area contributed by atoms with Gasteiger partial charge in [0.15, 0.2) is 6.10 Å². The lowest BCUT2D eigenvalue weighted by Crippen LogP contribution is -2.30. The molecule has 1 amide bonds. The third kappa shape index (κ3) is 4.09. The molecule has 0 unspecified atom stereocenters. The van der Waals surface area contributed by atoms with Gasteiger partial charge in [0.2, 0.25) is 0 Å². The average Bonchev–Trinajstić information content (AvgIpc) is 2.44. The SMILES string of the molecule is Cc1ccc(NC(=O)[C@H](C)Oc2ccc(C)cc2C)cc1. The molecule has 1 atom stereocenters. The molecule has 0 aliphatic carbocycles. The number of hydrogen-bond acceptors (Lipinski definition) is 2. The zero-order valence-corrected chi connectivity index (χ0v) is 12.9. The maximum absolute atomic E-state index is 12.1. The highest BCUT2D eigenvalue weighted by molar-refractivity contribution is 5.94. The Balaban J connectivity index is 2.00. The monoisotopic (exact) mass is 283 g/mol. The van der Waals surface area contributed by atoms with Crippen molar-refractivity contribution in [3.05, 3.63) is 59.2 Å². The number of benzene rings is 2. The molecule has 3 heteroatoms. The molecule has 3 nitrogen and oxygen atoms in total. The van der Waals surface area contributed by atoms with Gasteiger partial charge in [-0.1, -0.05) is 35.4 Å². The first-order valence-corrected chi connectivity index (χ1v) is 7.07. The van der Waals surface area contributed by atoms with E-state index < -0.39 is 6.10 Å². The van der Waals surface area contributed by atoms with Gasteiger partial charge in [-0.05, 0) is 51.5 Å². The number of rotatable bonds is 4. The molecule has 1 N–H and O–H groups in total. The first kappa shape index (κ1) is 15.1. The zero-order valence-electron chi connectivity index (χ0n) is 12.9. The molecule has 2 rings (SSSR count). The molecule has 110 valence electrons. The Kier molecular flexibility index (Phi) is 4.63. The van der Waals surface area contributed by atoms with E-state index in [2.05, 4.69) is 5.32 Å². The molecule has 0 heterocycles. The zero-order chi connectivity index (χ0) is 15.4. The highest BCUT2D eigenvalue weighted by Gasteiger charge is 2.15. The van der Waals surface area contributed by atoms with Crippen molar-refractivity contribution in [1.82, 2.24) is 0 Å². The van der Waals surface area contributed by atoms with Gasteiger partial charge >= 0.3 is 0 Å². The number of aryl methyl sites for hydroxylation is 3. The fourth-order valence-corrected chi connectivity index (χ4v) is 2.06. The topological polar surface area (TPSA) is 38.3 Å². The van der Waals surface area contributed by atoms with Gasteiger partial charge in [-0.15, -0.1) is 0 Å². The summed E-state index contributed by atoms with van der Waals surface area (Å²) in [5, 5.41) is 2.86. The van der Waals surface area contributed by atoms with Crippen molar-refractivity contribution in [1.29, 1.82) is 0 Å². The van der Waals surface area contributed by atoms with Crippen LogP contribution < -0.4 is 10.1 Å². The number of carbonyl (C=O) groups excluding carboxylic acids is 1. The van der Waals surface area contributed by atoms with Crippen molar-refractivity contribution < 1.29 is 9.53 Å². The predicted octanol–water partition coefficient (Wildman–Crippen LogP) is 4.02. The smallest absolute Gasteiger partial charge is 0.265 e. The van der Waals surface area contributed by atoms with E-state index in [1.807, 2.05) is 63.2 Å². The van der Waals surface area contributed by atoms with E-state index in [1.54, 1.807) is 6.92 Å². The number of anilines is 1. The minimum atomic E-state index is -0.548. The van der Waals surface area contributed by atoms with E-state index in [0.29, 0.717) is 0 Å². The van der Waals surface area contributed by atoms with Crippen molar-refractivity contribution >= 4 is 11.6 Å². The van der Waals surface area contributed by atoms with Gasteiger partial charge in [0.05, 0.1) is 0 Å². The summed E-state index contributed by atoms with van der Waals surface area (Å²) in [4.78, 5) is 12.1. The molecule has 0 saturated carbocycles. The minimum absolute atomic E-state index is 0.154. The summed E-state index contributed by atoms with van der Waals surface area (Å²) in [7, 11) is 0. The van der Waals surface area contributed by atoms with Crippen molar-refractivity contribution in [2.75, 3.05) is 5.32 Å². The fourth-order valence-electron chi connectivity index (χ4n) is 2.06. The number of hydrogen-bond donors (Lipinski definition) is 1. The normalized spacial score (nSPS) is 11.8. The predicted molar refractivity (Wildman–Crippen MR) is 85.8 cm³/mol. The Labute approximate surface area is 126 Å². The first-order valence-electron chi connectivity index (χ1n) is 7.07. The molecule has 0 aromatic heterocycles. The Bertz CT molecular complexity index is 632. The summed E-state index contributed by atoms with van der Waals surface area (Å²) in [5.74, 6) is 0.589. The number of carbonyl (C=O) groups is 1. The van der Waals surface area contributed by atoms with Crippen LogP contribution in [-0.2, 0) is 4.79 Å². The number of nitrogens with one attached hydrogen (secondary N) is 1. The van der Waals surface area contributed by atoms with Crippen molar-refractivity contribution in [3.8, 4) is 5.75 Å². The summed E-state index contributed by atoms with van der Waals surface area (Å²) in [6.07, 6.45) is -0.548. The van der Waals surface area contributed by atoms with E-state index in [9.17, 15) is 4.79 Å². The molecule has 21 heavy (non-hydrogen) atoms. The molecule has 2 aromatic carbocycles. The molecule has 2 aromatic rings. The van der Waals surface area contributed by atoms with Crippen LogP contribution in [0.4, 0.5) is 5.69 Å². The largest absolute Gasteiger partial charge is 0.481 e. The van der Waals surface area contributed by atoms with Gasteiger partial charge in [-0.2, -0.15) is 0 Å². The summed E-state index contributed by atoms with van der Waals surface area (Å²) in [6, 6.07) is 13.6. The maximum Gasteiger partial charge on any atom is 0.265 e. The van der Waals surface area contributed by atoms with Crippen LogP contribution >= 0.6 is 0 Å². The summed E-state index contributed by atoms with van der Waals surface area (Å²) in [5.41, 5.74) is 4.15. The lowest BCUT2D eigenvalue weighted by Gasteiger charge is -2.16. The van der Waals surface area contributed by atoms with Crippen LogP contribution in [0.3, 0.4) is 0 Å². The highest BCUT2D eigenvalue weighted by Crippen LogP contribution is 2.20. The second-order valence-electron chi connectivity index (χ2n) is 5.38. The molecule has 0 bridgehead atoms. The van der Waals surface area contributed by atoms with Crippen molar-refractivity contribution in [2.24, 2.45) is 0 Å². The van der Waals surface area contributed by atoms with Gasteiger partial charge in [-0.3, -0.25) is 4.79 Å². The fraction of sp³-hybridized carbons (Fsp3) is 0.278. The molecule has 0 spiro atoms. The van der Waals surface area contributed by atoms with Crippen LogP contribution in [0.25, 0.3) is 0 Å². The van der Waals surface area contributed by atoms with E-state index in [0.717, 1.165) is 22.6 Å². The third-order valence-electron chi connectivity index (χ3n) is 3.32. The van der Waals surface area contributed by atoms with Crippen LogP contribution in [0.5, 0.6) is 5.75 Å². The Morgan fingerprint density at radius 3 is 2.24 bits per heavy atom. The second kappa shape index (κ2) is 6.44. The van der Waals surface area contributed by atoms with Gasteiger partial charge in [0, 0.05) is 5.69 Å². The maximum atomic E-state index is 12.1. The van der Waals surface area contributed by atoms with Crippen molar-refractivity contribution in [2.45, 2.75) is 33.8 Å². The van der Waals surface area contributed by atoms with Gasteiger partial charge in [0.1, 0.15) is 5.75 Å². The van der Waals surface area contributed by atoms with E-state index in [4.69, 9.17) is 4.74 Å². The second-order valence-corrected chi connectivity index (χ2v) is 5.38. The minimum Gasteiger partial charge on any atom is -0.481 e. The first-order chi connectivity index (χ1) is 9.95. The number of amides is 1. The van der Waals surface area contributed by atoms with Crippen LogP contribution in [0.15, 0.2) is 42.5 Å². The molecule has 0 fully saturated rings. The molecular formula is C18H21NO2. The molecule has 0 aliphatic rings. The summed E-state index contributed by atoms with van der Waals surface area (Å²) in [6.45, 7) is 7.78. The van der Waals surface area contributed by atoms with Gasteiger partial charge in [0.25, 0.3) is 5.91 Å². The summed E-state index contributed by atoms with van der Waals surface area (Å²) >= 11 is 0. The number of ether oxygens (including phenoxy) is 1. The molecule has 0 radical (unpaired) electrons. The third-order valence-corrected chi connectivity index (χ3v) is 3.32. The quantitative estimate of drug-likeness (QED) is 0.920.